The molecule has 1 unspecified atom stereocenters. The van der Waals surface area contributed by atoms with Crippen molar-refractivity contribution in [1.82, 2.24) is 10.2 Å². The molecule has 25 heavy (non-hydrogen) atoms. The molecule has 0 aromatic heterocycles. The van der Waals surface area contributed by atoms with Gasteiger partial charge < -0.3 is 20.1 Å². The second-order valence-electron chi connectivity index (χ2n) is 6.43. The Bertz CT molecular complexity index is 688. The summed E-state index contributed by atoms with van der Waals surface area (Å²) in [5.74, 6) is -0.877. The van der Waals surface area contributed by atoms with Gasteiger partial charge in [-0.15, -0.1) is 0 Å². The summed E-state index contributed by atoms with van der Waals surface area (Å²) in [7, 11) is 0. The third-order valence-electron chi connectivity index (χ3n) is 4.60. The van der Waals surface area contributed by atoms with Gasteiger partial charge in [-0.1, -0.05) is 12.5 Å². The van der Waals surface area contributed by atoms with Crippen LogP contribution in [-0.4, -0.2) is 47.5 Å². The smallest absolute Gasteiger partial charge is 0.330 e. The Morgan fingerprint density at radius 2 is 2.08 bits per heavy atom. The predicted octanol–water partition coefficient (Wildman–Crippen LogP) is 1.27. The molecule has 7 nitrogen and oxygen atoms in total. The molecule has 1 atom stereocenters. The van der Waals surface area contributed by atoms with E-state index >= 15 is 0 Å². The number of likely N-dealkylation sites (tertiary alicyclic amines) is 1. The van der Waals surface area contributed by atoms with Gasteiger partial charge in [-0.3, -0.25) is 9.59 Å². The lowest BCUT2D eigenvalue weighted by atomic mass is 10.0. The predicted molar refractivity (Wildman–Crippen MR) is 89.2 cm³/mol. The fraction of sp³-hybridized carbons (Fsp3) is 0.500. The summed E-state index contributed by atoms with van der Waals surface area (Å²) >= 11 is 0. The molecule has 2 aliphatic heterocycles. The quantitative estimate of drug-likeness (QED) is 0.837. The van der Waals surface area contributed by atoms with Gasteiger partial charge in [-0.05, 0) is 36.1 Å². The fourth-order valence-corrected chi connectivity index (χ4v) is 3.26. The molecule has 0 spiro atoms. The molecule has 0 aliphatic carbocycles. The molecular formula is C18H22N2O5. The van der Waals surface area contributed by atoms with Crippen molar-refractivity contribution < 1.29 is 24.2 Å². The van der Waals surface area contributed by atoms with Gasteiger partial charge in [-0.2, -0.15) is 0 Å². The van der Waals surface area contributed by atoms with E-state index in [1.54, 1.807) is 18.2 Å². The van der Waals surface area contributed by atoms with Gasteiger partial charge in [0, 0.05) is 19.4 Å². The highest BCUT2D eigenvalue weighted by Crippen LogP contribution is 2.28. The molecule has 0 saturated carbocycles. The van der Waals surface area contributed by atoms with Crippen LogP contribution in [0, 0.1) is 0 Å². The highest BCUT2D eigenvalue weighted by molar-refractivity contribution is 5.88. The Hall–Kier alpha value is -2.57. The number of nitrogens with one attached hydrogen (secondary N) is 1. The maximum atomic E-state index is 12.3. The summed E-state index contributed by atoms with van der Waals surface area (Å²) in [5, 5.41) is 12.0. The number of amides is 2. The first kappa shape index (κ1) is 17.3. The number of carboxylic acid groups (broad SMARTS) is 1. The lowest BCUT2D eigenvalue weighted by molar-refractivity contribution is -0.142. The zero-order valence-corrected chi connectivity index (χ0v) is 14.0. The average molecular weight is 346 g/mol. The highest BCUT2D eigenvalue weighted by Gasteiger charge is 2.26. The van der Waals surface area contributed by atoms with Crippen molar-refractivity contribution in [1.29, 1.82) is 0 Å². The van der Waals surface area contributed by atoms with Crippen molar-refractivity contribution in [2.45, 2.75) is 38.1 Å². The van der Waals surface area contributed by atoms with E-state index in [1.807, 2.05) is 0 Å². The maximum absolute atomic E-state index is 12.3. The molecule has 1 saturated heterocycles. The summed E-state index contributed by atoms with van der Waals surface area (Å²) < 4.78 is 5.42. The summed E-state index contributed by atoms with van der Waals surface area (Å²) in [6, 6.07) is 4.01. The monoisotopic (exact) mass is 346 g/mol. The molecule has 2 aliphatic rings. The largest absolute Gasteiger partial charge is 0.493 e. The minimum atomic E-state index is -1.14. The number of ether oxygens (including phenoxy) is 1. The number of carbonyl (C=O) groups excluding carboxylic acids is 2. The molecule has 134 valence electrons. The van der Waals surface area contributed by atoms with Crippen molar-refractivity contribution in [2.24, 2.45) is 0 Å². The standard InChI is InChI=1S/C18H22N2O5/c21-15(11-20-8-3-1-2-4-16(20)22)19-17(18(23)24)13-5-6-14-12(10-13)7-9-25-14/h5-6,10,17H,1-4,7-9,11H2,(H,19,21)(H,23,24). The number of carboxylic acids is 1. The zero-order chi connectivity index (χ0) is 17.8. The SMILES string of the molecule is O=C(CN1CCCCCC1=O)NC(C(=O)O)c1ccc2c(c1)CCO2. The van der Waals surface area contributed by atoms with E-state index in [1.165, 1.54) is 4.90 Å². The van der Waals surface area contributed by atoms with Crippen LogP contribution in [-0.2, 0) is 20.8 Å². The summed E-state index contributed by atoms with van der Waals surface area (Å²) in [6.45, 7) is 1.02. The first-order chi connectivity index (χ1) is 12.0. The third-order valence-corrected chi connectivity index (χ3v) is 4.60. The van der Waals surface area contributed by atoms with Gasteiger partial charge in [0.2, 0.25) is 11.8 Å². The fourth-order valence-electron chi connectivity index (χ4n) is 3.26. The van der Waals surface area contributed by atoms with Crippen LogP contribution in [0.3, 0.4) is 0 Å². The molecule has 0 bridgehead atoms. The first-order valence-electron chi connectivity index (χ1n) is 8.60. The number of fused-ring (bicyclic) bond motifs is 1. The average Bonchev–Trinajstić information content (AvgIpc) is 2.96. The van der Waals surface area contributed by atoms with Crippen molar-refractivity contribution in [3.63, 3.8) is 0 Å². The number of hydrogen-bond acceptors (Lipinski definition) is 4. The Labute approximate surface area is 146 Å². The first-order valence-corrected chi connectivity index (χ1v) is 8.60. The van der Waals surface area contributed by atoms with Crippen LogP contribution >= 0.6 is 0 Å². The van der Waals surface area contributed by atoms with Gasteiger partial charge in [-0.25, -0.2) is 4.79 Å². The van der Waals surface area contributed by atoms with Gasteiger partial charge in [0.1, 0.15) is 5.75 Å². The Morgan fingerprint density at radius 1 is 1.24 bits per heavy atom. The van der Waals surface area contributed by atoms with Crippen LogP contribution in [0.15, 0.2) is 18.2 Å². The van der Waals surface area contributed by atoms with E-state index in [0.717, 1.165) is 37.0 Å². The van der Waals surface area contributed by atoms with Crippen molar-refractivity contribution >= 4 is 17.8 Å². The normalized spacial score (nSPS) is 18.1. The van der Waals surface area contributed by atoms with Crippen LogP contribution in [0.5, 0.6) is 5.75 Å². The number of hydrogen-bond donors (Lipinski definition) is 2. The maximum Gasteiger partial charge on any atom is 0.330 e. The molecular weight excluding hydrogens is 324 g/mol. The topological polar surface area (TPSA) is 95.9 Å². The van der Waals surface area contributed by atoms with E-state index < -0.39 is 17.9 Å². The van der Waals surface area contributed by atoms with E-state index in [9.17, 15) is 19.5 Å². The van der Waals surface area contributed by atoms with Crippen LogP contribution in [0.2, 0.25) is 0 Å². The van der Waals surface area contributed by atoms with Crippen molar-refractivity contribution in [3.05, 3.63) is 29.3 Å². The van der Waals surface area contributed by atoms with Crippen LogP contribution < -0.4 is 10.1 Å². The van der Waals surface area contributed by atoms with Crippen molar-refractivity contribution in [2.75, 3.05) is 19.7 Å². The number of carbonyl (C=O) groups is 3. The Morgan fingerprint density at radius 3 is 2.88 bits per heavy atom. The minimum absolute atomic E-state index is 0.0470. The summed E-state index contributed by atoms with van der Waals surface area (Å²) in [5.41, 5.74) is 1.45. The van der Waals surface area contributed by atoms with Crippen LogP contribution in [0.4, 0.5) is 0 Å². The van der Waals surface area contributed by atoms with Crippen LogP contribution in [0.1, 0.15) is 42.9 Å². The summed E-state index contributed by atoms with van der Waals surface area (Å²) in [4.78, 5) is 37.4. The Kier molecular flexibility index (Phi) is 5.21. The van der Waals surface area contributed by atoms with Gasteiger partial charge in [0.15, 0.2) is 6.04 Å². The highest BCUT2D eigenvalue weighted by atomic mass is 16.5. The number of benzene rings is 1. The zero-order valence-electron chi connectivity index (χ0n) is 14.0. The summed E-state index contributed by atoms with van der Waals surface area (Å²) in [6.07, 6.45) is 3.85. The lowest BCUT2D eigenvalue weighted by Crippen LogP contribution is -2.43. The van der Waals surface area contributed by atoms with Crippen molar-refractivity contribution in [3.8, 4) is 5.75 Å². The van der Waals surface area contributed by atoms with E-state index in [-0.39, 0.29) is 12.5 Å². The second-order valence-corrected chi connectivity index (χ2v) is 6.43. The molecule has 1 aromatic carbocycles. The van der Waals surface area contributed by atoms with E-state index in [2.05, 4.69) is 5.32 Å². The molecule has 7 heteroatoms. The Balaban J connectivity index is 1.68. The molecule has 2 N–H and O–H groups in total. The van der Waals surface area contributed by atoms with Gasteiger partial charge in [0.25, 0.3) is 0 Å². The number of rotatable bonds is 5. The van der Waals surface area contributed by atoms with Gasteiger partial charge in [0.05, 0.1) is 13.2 Å². The van der Waals surface area contributed by atoms with Crippen LogP contribution in [0.25, 0.3) is 0 Å². The number of aliphatic carboxylic acids is 1. The van der Waals surface area contributed by atoms with E-state index in [0.29, 0.717) is 25.1 Å². The minimum Gasteiger partial charge on any atom is -0.493 e. The molecule has 1 aromatic rings. The molecule has 1 fully saturated rings. The van der Waals surface area contributed by atoms with Gasteiger partial charge >= 0.3 is 5.97 Å². The third kappa shape index (κ3) is 4.10. The molecule has 3 rings (SSSR count). The molecule has 2 amide bonds. The molecule has 0 radical (unpaired) electrons. The molecule has 2 heterocycles. The number of nitrogens with zero attached hydrogens (tertiary/aromatic N) is 1. The second kappa shape index (κ2) is 7.55. The van der Waals surface area contributed by atoms with E-state index in [4.69, 9.17) is 4.74 Å². The lowest BCUT2D eigenvalue weighted by Gasteiger charge is -2.22.